The summed E-state index contributed by atoms with van der Waals surface area (Å²) in [7, 11) is 0. The molecule has 1 aromatic heterocycles. The molecule has 0 amide bonds. The fourth-order valence-electron chi connectivity index (χ4n) is 1.91. The lowest BCUT2D eigenvalue weighted by Gasteiger charge is -2.10. The van der Waals surface area contributed by atoms with E-state index in [1.54, 1.807) is 24.3 Å². The summed E-state index contributed by atoms with van der Waals surface area (Å²) in [4.78, 5) is 3.61. The summed E-state index contributed by atoms with van der Waals surface area (Å²) in [6.45, 7) is 1.90. The van der Waals surface area contributed by atoms with Crippen LogP contribution >= 0.6 is 11.6 Å². The van der Waals surface area contributed by atoms with E-state index in [4.69, 9.17) is 16.3 Å². The Kier molecular flexibility index (Phi) is 6.01. The number of alkyl halides is 4. The van der Waals surface area contributed by atoms with E-state index < -0.39 is 18.0 Å². The summed E-state index contributed by atoms with van der Waals surface area (Å²) in [5.41, 5.74) is 0.0202. The molecule has 0 spiro atoms. The average molecular weight is 363 g/mol. The van der Waals surface area contributed by atoms with Gasteiger partial charge in [-0.05, 0) is 37.1 Å². The van der Waals surface area contributed by atoms with Gasteiger partial charge >= 0.3 is 6.18 Å². The summed E-state index contributed by atoms with van der Waals surface area (Å²) in [6.07, 6.45) is -4.28. The number of halogens is 5. The number of pyridine rings is 1. The molecular weight excluding hydrogens is 348 g/mol. The molecule has 0 fully saturated rings. The quantitative estimate of drug-likeness (QED) is 0.580. The first-order valence-corrected chi connectivity index (χ1v) is 7.50. The molecule has 0 saturated heterocycles. The van der Waals surface area contributed by atoms with Crippen LogP contribution in [0.1, 0.15) is 18.1 Å². The largest absolute Gasteiger partial charge is 0.438 e. The minimum atomic E-state index is -4.51. The highest BCUT2D eigenvalue weighted by Gasteiger charge is 2.31. The molecule has 0 saturated carbocycles. The van der Waals surface area contributed by atoms with Crippen molar-refractivity contribution in [1.82, 2.24) is 10.3 Å². The van der Waals surface area contributed by atoms with E-state index in [1.165, 1.54) is 6.92 Å². The van der Waals surface area contributed by atoms with Crippen molar-refractivity contribution < 1.29 is 22.3 Å². The maximum Gasteiger partial charge on any atom is 0.417 e. The molecule has 24 heavy (non-hydrogen) atoms. The van der Waals surface area contributed by atoms with Crippen LogP contribution in [0.4, 0.5) is 17.6 Å². The number of hydrogen-bond donors (Lipinski definition) is 1. The van der Waals surface area contributed by atoms with Crippen molar-refractivity contribution in [2.75, 3.05) is 6.54 Å². The maximum atomic E-state index is 12.6. The Balaban J connectivity index is 2.01. The number of ether oxygens (including phenoxy) is 1. The van der Waals surface area contributed by atoms with Gasteiger partial charge < -0.3 is 4.74 Å². The standard InChI is InChI=1S/C16H15ClF4N2O/c1-10(18)22-7-6-11-2-4-13(5-3-11)24-15-14(17)8-12(9-23-15)16(19,20)21/h2-5,8-10,22H,6-7H2,1H3. The van der Waals surface area contributed by atoms with Crippen molar-refractivity contribution in [3.8, 4) is 11.6 Å². The first kappa shape index (κ1) is 18.5. The van der Waals surface area contributed by atoms with Crippen LogP contribution in [-0.4, -0.2) is 17.8 Å². The summed E-state index contributed by atoms with van der Waals surface area (Å²) >= 11 is 5.78. The van der Waals surface area contributed by atoms with E-state index in [1.807, 2.05) is 0 Å². The van der Waals surface area contributed by atoms with E-state index in [2.05, 4.69) is 10.3 Å². The van der Waals surface area contributed by atoms with Gasteiger partial charge in [0.25, 0.3) is 0 Å². The molecule has 1 heterocycles. The Labute approximate surface area is 141 Å². The minimum Gasteiger partial charge on any atom is -0.438 e. The number of benzene rings is 1. The molecule has 1 aromatic carbocycles. The van der Waals surface area contributed by atoms with Crippen LogP contribution in [0.3, 0.4) is 0 Å². The van der Waals surface area contributed by atoms with Crippen molar-refractivity contribution in [2.45, 2.75) is 25.8 Å². The highest BCUT2D eigenvalue weighted by molar-refractivity contribution is 6.31. The molecule has 2 aromatic rings. The molecule has 1 N–H and O–H groups in total. The number of aromatic nitrogens is 1. The number of nitrogens with zero attached hydrogens (tertiary/aromatic N) is 1. The zero-order chi connectivity index (χ0) is 17.7. The van der Waals surface area contributed by atoms with Gasteiger partial charge in [-0.15, -0.1) is 0 Å². The lowest BCUT2D eigenvalue weighted by Crippen LogP contribution is -2.23. The van der Waals surface area contributed by atoms with E-state index >= 15 is 0 Å². The smallest absolute Gasteiger partial charge is 0.417 e. The van der Waals surface area contributed by atoms with Crippen LogP contribution in [0, 0.1) is 0 Å². The second-order valence-electron chi connectivity index (χ2n) is 5.07. The topological polar surface area (TPSA) is 34.1 Å². The summed E-state index contributed by atoms with van der Waals surface area (Å²) in [6, 6.07) is 7.60. The van der Waals surface area contributed by atoms with Gasteiger partial charge in [-0.25, -0.2) is 9.37 Å². The van der Waals surface area contributed by atoms with Crippen molar-refractivity contribution in [3.63, 3.8) is 0 Å². The molecule has 8 heteroatoms. The third-order valence-electron chi connectivity index (χ3n) is 3.11. The Hall–Kier alpha value is -1.86. The summed E-state index contributed by atoms with van der Waals surface area (Å²) < 4.78 is 55.7. The highest BCUT2D eigenvalue weighted by atomic mass is 35.5. The Morgan fingerprint density at radius 3 is 2.46 bits per heavy atom. The van der Waals surface area contributed by atoms with E-state index in [0.717, 1.165) is 11.6 Å². The monoisotopic (exact) mass is 362 g/mol. The summed E-state index contributed by atoms with van der Waals surface area (Å²) in [5, 5.41) is 2.43. The molecule has 0 radical (unpaired) electrons. The Morgan fingerprint density at radius 2 is 1.92 bits per heavy atom. The van der Waals surface area contributed by atoms with Crippen LogP contribution in [0.25, 0.3) is 0 Å². The van der Waals surface area contributed by atoms with Gasteiger partial charge in [0.05, 0.1) is 5.56 Å². The molecule has 1 unspecified atom stereocenters. The van der Waals surface area contributed by atoms with Gasteiger partial charge in [-0.1, -0.05) is 23.7 Å². The van der Waals surface area contributed by atoms with Crippen molar-refractivity contribution in [2.24, 2.45) is 0 Å². The molecule has 130 valence electrons. The van der Waals surface area contributed by atoms with Gasteiger partial charge in [-0.3, -0.25) is 5.32 Å². The fourth-order valence-corrected chi connectivity index (χ4v) is 2.11. The van der Waals surface area contributed by atoms with Gasteiger partial charge in [-0.2, -0.15) is 13.2 Å². The molecule has 1 atom stereocenters. The first-order chi connectivity index (χ1) is 11.3. The molecular formula is C16H15ClF4N2O. The number of rotatable bonds is 6. The van der Waals surface area contributed by atoms with Crippen LogP contribution < -0.4 is 10.1 Å². The highest BCUT2D eigenvalue weighted by Crippen LogP contribution is 2.34. The third kappa shape index (κ3) is 5.35. The second kappa shape index (κ2) is 7.81. The van der Waals surface area contributed by atoms with Gasteiger partial charge in [0.15, 0.2) is 0 Å². The average Bonchev–Trinajstić information content (AvgIpc) is 2.49. The zero-order valence-electron chi connectivity index (χ0n) is 12.7. The SMILES string of the molecule is CC(F)NCCc1ccc(Oc2ncc(C(F)(F)F)cc2Cl)cc1. The predicted molar refractivity (Wildman–Crippen MR) is 83.0 cm³/mol. The van der Waals surface area contributed by atoms with E-state index in [-0.39, 0.29) is 10.9 Å². The van der Waals surface area contributed by atoms with Crippen LogP contribution in [0.2, 0.25) is 5.02 Å². The van der Waals surface area contributed by atoms with Crippen LogP contribution in [-0.2, 0) is 12.6 Å². The lowest BCUT2D eigenvalue weighted by molar-refractivity contribution is -0.137. The lowest BCUT2D eigenvalue weighted by atomic mass is 10.1. The maximum absolute atomic E-state index is 12.6. The second-order valence-corrected chi connectivity index (χ2v) is 5.48. The zero-order valence-corrected chi connectivity index (χ0v) is 13.5. The van der Waals surface area contributed by atoms with Crippen molar-refractivity contribution >= 4 is 11.6 Å². The number of nitrogens with one attached hydrogen (secondary N) is 1. The Bertz CT molecular complexity index is 675. The molecule has 3 nitrogen and oxygen atoms in total. The summed E-state index contributed by atoms with van der Waals surface area (Å²) in [5.74, 6) is 0.282. The fraction of sp³-hybridized carbons (Fsp3) is 0.312. The number of hydrogen-bond acceptors (Lipinski definition) is 3. The van der Waals surface area contributed by atoms with Gasteiger partial charge in [0.1, 0.15) is 17.1 Å². The molecule has 0 aliphatic rings. The van der Waals surface area contributed by atoms with Crippen molar-refractivity contribution in [1.29, 1.82) is 0 Å². The molecule has 0 aliphatic heterocycles. The van der Waals surface area contributed by atoms with Gasteiger partial charge in [0, 0.05) is 12.7 Å². The first-order valence-electron chi connectivity index (χ1n) is 7.12. The van der Waals surface area contributed by atoms with Crippen LogP contribution in [0.5, 0.6) is 11.6 Å². The van der Waals surface area contributed by atoms with Crippen molar-refractivity contribution in [3.05, 3.63) is 52.7 Å². The Morgan fingerprint density at radius 1 is 1.25 bits per heavy atom. The molecule has 2 rings (SSSR count). The molecule has 0 aliphatic carbocycles. The van der Waals surface area contributed by atoms with E-state index in [0.29, 0.717) is 24.9 Å². The third-order valence-corrected chi connectivity index (χ3v) is 3.38. The van der Waals surface area contributed by atoms with E-state index in [9.17, 15) is 17.6 Å². The normalized spacial score (nSPS) is 12.9. The minimum absolute atomic E-state index is 0.106. The molecule has 0 bridgehead atoms. The van der Waals surface area contributed by atoms with Gasteiger partial charge in [0.2, 0.25) is 5.88 Å². The van der Waals surface area contributed by atoms with Crippen LogP contribution in [0.15, 0.2) is 36.5 Å². The predicted octanol–water partition coefficient (Wildman–Crippen LogP) is 4.99.